The molecular weight excluding hydrogens is 388 g/mol. The summed E-state index contributed by atoms with van der Waals surface area (Å²) < 4.78 is 36.4. The summed E-state index contributed by atoms with van der Waals surface area (Å²) >= 11 is 0. The van der Waals surface area contributed by atoms with Gasteiger partial charge in [-0.15, -0.1) is 0 Å². The molecule has 0 aliphatic carbocycles. The third-order valence-corrected chi connectivity index (χ3v) is 6.18. The first kappa shape index (κ1) is 20.6. The smallest absolute Gasteiger partial charge is 0.203 e. The van der Waals surface area contributed by atoms with Crippen LogP contribution in [0.15, 0.2) is 89.8 Å². The van der Waals surface area contributed by atoms with Crippen molar-refractivity contribution in [2.45, 2.75) is 17.4 Å². The van der Waals surface area contributed by atoms with Crippen LogP contribution in [0.1, 0.15) is 16.8 Å². The highest BCUT2D eigenvalue weighted by Crippen LogP contribution is 2.23. The molecule has 0 heterocycles. The molecule has 0 aromatic heterocycles. The van der Waals surface area contributed by atoms with Crippen LogP contribution in [0.25, 0.3) is 0 Å². The van der Waals surface area contributed by atoms with Gasteiger partial charge in [0.1, 0.15) is 11.5 Å². The maximum atomic E-state index is 13.0. The lowest BCUT2D eigenvalue weighted by atomic mass is 10.0. The average Bonchev–Trinajstić information content (AvgIpc) is 2.77. The van der Waals surface area contributed by atoms with Gasteiger partial charge in [-0.2, -0.15) is 0 Å². The van der Waals surface area contributed by atoms with Crippen molar-refractivity contribution in [2.75, 3.05) is 12.9 Å². The van der Waals surface area contributed by atoms with Crippen LogP contribution in [0.2, 0.25) is 0 Å². The minimum Gasteiger partial charge on any atom is -0.497 e. The van der Waals surface area contributed by atoms with Gasteiger partial charge in [-0.3, -0.25) is 4.79 Å². The Hall–Kier alpha value is -3.12. The maximum absolute atomic E-state index is 13.0. The first-order chi connectivity index (χ1) is 14.0. The van der Waals surface area contributed by atoms with Crippen LogP contribution in [0.3, 0.4) is 0 Å². The molecule has 0 bridgehead atoms. The zero-order valence-electron chi connectivity index (χ0n) is 16.0. The van der Waals surface area contributed by atoms with E-state index in [1.807, 2.05) is 6.07 Å². The van der Waals surface area contributed by atoms with E-state index in [2.05, 4.69) is 0 Å². The van der Waals surface area contributed by atoms with E-state index in [1.165, 1.54) is 7.11 Å². The molecule has 0 saturated carbocycles. The summed E-state index contributed by atoms with van der Waals surface area (Å²) in [6.45, 7) is 0. The summed E-state index contributed by atoms with van der Waals surface area (Å²) in [7, 11) is -1.99. The number of carbonyl (C=O) groups excluding carboxylic acids is 1. The molecule has 150 valence electrons. The lowest BCUT2D eigenvalue weighted by Crippen LogP contribution is -2.30. The van der Waals surface area contributed by atoms with Crippen LogP contribution in [-0.2, 0) is 9.84 Å². The monoisotopic (exact) mass is 410 g/mol. The fourth-order valence-electron chi connectivity index (χ4n) is 2.88. The van der Waals surface area contributed by atoms with Crippen molar-refractivity contribution in [3.8, 4) is 11.5 Å². The molecule has 0 saturated heterocycles. The highest BCUT2D eigenvalue weighted by atomic mass is 32.2. The summed E-state index contributed by atoms with van der Waals surface area (Å²) in [4.78, 5) is 13.2. The number of ketones is 1. The molecule has 1 atom stereocenters. The van der Waals surface area contributed by atoms with E-state index in [0.29, 0.717) is 17.1 Å². The average molecular weight is 410 g/mol. The van der Waals surface area contributed by atoms with Gasteiger partial charge in [0.05, 0.1) is 17.8 Å². The predicted octanol–water partition coefficient (Wildman–Crippen LogP) is 4.19. The normalized spacial score (nSPS) is 12.2. The van der Waals surface area contributed by atoms with Crippen molar-refractivity contribution < 1.29 is 22.7 Å². The lowest BCUT2D eigenvalue weighted by Gasteiger charge is -2.19. The molecule has 3 rings (SSSR count). The van der Waals surface area contributed by atoms with Gasteiger partial charge in [0, 0.05) is 18.1 Å². The largest absolute Gasteiger partial charge is 0.497 e. The van der Waals surface area contributed by atoms with E-state index in [0.717, 1.165) is 0 Å². The second-order valence-electron chi connectivity index (χ2n) is 6.44. The molecule has 0 aliphatic heterocycles. The Bertz CT molecular complexity index is 1050. The van der Waals surface area contributed by atoms with Gasteiger partial charge in [0.2, 0.25) is 5.78 Å². The molecule has 0 spiro atoms. The third kappa shape index (κ3) is 5.45. The molecule has 0 radical (unpaired) electrons. The fourth-order valence-corrected chi connectivity index (χ4v) is 4.21. The molecule has 0 aliphatic rings. The summed E-state index contributed by atoms with van der Waals surface area (Å²) in [6, 6.07) is 23.8. The highest BCUT2D eigenvalue weighted by Gasteiger charge is 2.25. The van der Waals surface area contributed by atoms with Gasteiger partial charge < -0.3 is 9.47 Å². The van der Waals surface area contributed by atoms with Crippen LogP contribution >= 0.6 is 0 Å². The van der Waals surface area contributed by atoms with E-state index in [1.54, 1.807) is 78.9 Å². The maximum Gasteiger partial charge on any atom is 0.203 e. The van der Waals surface area contributed by atoms with Crippen molar-refractivity contribution in [1.82, 2.24) is 0 Å². The number of sulfone groups is 1. The Balaban J connectivity index is 1.83. The van der Waals surface area contributed by atoms with Crippen LogP contribution in [0.5, 0.6) is 11.5 Å². The van der Waals surface area contributed by atoms with Crippen molar-refractivity contribution in [3.63, 3.8) is 0 Å². The molecular formula is C23H22O5S. The van der Waals surface area contributed by atoms with Crippen LogP contribution in [0, 0.1) is 0 Å². The van der Waals surface area contributed by atoms with Gasteiger partial charge in [-0.1, -0.05) is 54.6 Å². The van der Waals surface area contributed by atoms with E-state index >= 15 is 0 Å². The Morgan fingerprint density at radius 1 is 0.862 bits per heavy atom. The number of rotatable bonds is 9. The highest BCUT2D eigenvalue weighted by molar-refractivity contribution is 7.91. The summed E-state index contributed by atoms with van der Waals surface area (Å²) in [5, 5.41) is 0. The number of hydrogen-bond donors (Lipinski definition) is 0. The molecule has 6 heteroatoms. The van der Waals surface area contributed by atoms with Gasteiger partial charge in [-0.05, 0) is 24.3 Å². The van der Waals surface area contributed by atoms with Crippen LogP contribution in [-0.4, -0.2) is 33.2 Å². The van der Waals surface area contributed by atoms with E-state index in [9.17, 15) is 13.2 Å². The van der Waals surface area contributed by atoms with Crippen molar-refractivity contribution in [3.05, 3.63) is 90.5 Å². The third-order valence-electron chi connectivity index (χ3n) is 4.42. The minimum atomic E-state index is -3.53. The van der Waals surface area contributed by atoms with Crippen LogP contribution < -0.4 is 9.47 Å². The zero-order valence-corrected chi connectivity index (χ0v) is 16.8. The second-order valence-corrected chi connectivity index (χ2v) is 8.55. The first-order valence-electron chi connectivity index (χ1n) is 9.17. The second kappa shape index (κ2) is 9.39. The number of carbonyl (C=O) groups is 1. The van der Waals surface area contributed by atoms with Gasteiger partial charge in [-0.25, -0.2) is 8.42 Å². The molecule has 0 fully saturated rings. The van der Waals surface area contributed by atoms with Gasteiger partial charge in [0.15, 0.2) is 15.9 Å². The topological polar surface area (TPSA) is 69.7 Å². The van der Waals surface area contributed by atoms with E-state index in [-0.39, 0.29) is 22.9 Å². The number of ether oxygens (including phenoxy) is 2. The molecule has 0 amide bonds. The Kier molecular flexibility index (Phi) is 6.67. The van der Waals surface area contributed by atoms with E-state index < -0.39 is 15.9 Å². The number of benzene rings is 3. The summed E-state index contributed by atoms with van der Waals surface area (Å²) in [6.07, 6.45) is -0.912. The Morgan fingerprint density at radius 3 is 2.14 bits per heavy atom. The molecule has 5 nitrogen and oxygen atoms in total. The predicted molar refractivity (Wildman–Crippen MR) is 111 cm³/mol. The number of methoxy groups -OCH3 is 1. The SMILES string of the molecule is COc1cccc(O[C@H](CCS(=O)(=O)c2ccccc2)C(=O)c2ccccc2)c1. The van der Waals surface area contributed by atoms with Crippen molar-refractivity contribution in [2.24, 2.45) is 0 Å². The van der Waals surface area contributed by atoms with E-state index in [4.69, 9.17) is 9.47 Å². The van der Waals surface area contributed by atoms with Gasteiger partial charge in [0.25, 0.3) is 0 Å². The first-order valence-corrected chi connectivity index (χ1v) is 10.8. The standard InChI is InChI=1S/C23H22O5S/c1-27-19-11-8-12-20(17-19)28-22(23(24)18-9-4-2-5-10-18)15-16-29(25,26)21-13-6-3-7-14-21/h2-14,17,22H,15-16H2,1H3/t22-/m1/s1. The number of hydrogen-bond acceptors (Lipinski definition) is 5. The minimum absolute atomic E-state index is 0.0299. The summed E-state index contributed by atoms with van der Waals surface area (Å²) in [5.41, 5.74) is 0.470. The fraction of sp³-hybridized carbons (Fsp3) is 0.174. The molecule has 3 aromatic carbocycles. The molecule has 0 N–H and O–H groups in total. The van der Waals surface area contributed by atoms with Crippen LogP contribution in [0.4, 0.5) is 0 Å². The lowest BCUT2D eigenvalue weighted by molar-refractivity contribution is 0.0787. The van der Waals surface area contributed by atoms with Crippen molar-refractivity contribution in [1.29, 1.82) is 0 Å². The van der Waals surface area contributed by atoms with Crippen molar-refractivity contribution >= 4 is 15.6 Å². The molecule has 0 unspecified atom stereocenters. The Morgan fingerprint density at radius 2 is 1.48 bits per heavy atom. The van der Waals surface area contributed by atoms with Gasteiger partial charge >= 0.3 is 0 Å². The number of Topliss-reactive ketones (excluding diaryl/α,β-unsaturated/α-hetero) is 1. The zero-order chi connectivity index (χ0) is 20.7. The Labute approximate surface area is 170 Å². The summed E-state index contributed by atoms with van der Waals surface area (Å²) in [5.74, 6) is 0.558. The molecule has 3 aromatic rings. The quantitative estimate of drug-likeness (QED) is 0.495. The molecule has 29 heavy (non-hydrogen) atoms.